The van der Waals surface area contributed by atoms with Gasteiger partial charge in [0.15, 0.2) is 5.78 Å². The number of hydrogen-bond acceptors (Lipinski definition) is 4. The number of alkyl halides is 3. The molecule has 0 radical (unpaired) electrons. The van der Waals surface area contributed by atoms with Gasteiger partial charge in [-0.15, -0.1) is 0 Å². The molecule has 0 aromatic heterocycles. The summed E-state index contributed by atoms with van der Waals surface area (Å²) in [6, 6.07) is 8.75. The molecule has 0 spiro atoms. The Morgan fingerprint density at radius 1 is 1.08 bits per heavy atom. The van der Waals surface area contributed by atoms with Gasteiger partial charge in [0.1, 0.15) is 18.2 Å². The minimum Gasteiger partial charge on any atom is -0.486 e. The Morgan fingerprint density at radius 2 is 1.76 bits per heavy atom. The summed E-state index contributed by atoms with van der Waals surface area (Å²) in [7, 11) is 0. The van der Waals surface area contributed by atoms with Gasteiger partial charge >= 0.3 is 6.18 Å². The van der Waals surface area contributed by atoms with E-state index >= 15 is 0 Å². The lowest BCUT2D eigenvalue weighted by Crippen LogP contribution is -2.58. The number of carbonyl (C=O) groups is 2. The lowest BCUT2D eigenvalue weighted by molar-refractivity contribution is -0.162. The van der Waals surface area contributed by atoms with Crippen molar-refractivity contribution in [3.63, 3.8) is 0 Å². The maximum Gasteiger partial charge on any atom is 0.416 e. The van der Waals surface area contributed by atoms with Gasteiger partial charge in [-0.05, 0) is 73.8 Å². The van der Waals surface area contributed by atoms with Crippen LogP contribution in [0.2, 0.25) is 5.02 Å². The lowest BCUT2D eigenvalue weighted by atomic mass is 9.51. The number of carbonyl (C=O) groups excluding carboxylic acids is 2. The van der Waals surface area contributed by atoms with Crippen molar-refractivity contribution in [2.24, 2.45) is 10.8 Å². The Labute approximate surface area is 217 Å². The van der Waals surface area contributed by atoms with Crippen molar-refractivity contribution in [1.29, 1.82) is 0 Å². The number of aliphatic hydroxyl groups is 1. The van der Waals surface area contributed by atoms with Crippen LogP contribution in [0.4, 0.5) is 17.6 Å². The molecule has 0 heterocycles. The fraction of sp³-hybridized carbons (Fsp3) is 0.481. The zero-order valence-corrected chi connectivity index (χ0v) is 20.8. The number of aliphatic hydroxyl groups excluding tert-OH is 1. The number of ketones is 1. The highest BCUT2D eigenvalue weighted by Crippen LogP contribution is 2.58. The first kappa shape index (κ1) is 27.4. The fourth-order valence-electron chi connectivity index (χ4n) is 5.55. The van der Waals surface area contributed by atoms with Crippen LogP contribution in [0.3, 0.4) is 0 Å². The molecule has 3 aliphatic rings. The summed E-state index contributed by atoms with van der Waals surface area (Å²) in [5.74, 6) is -0.869. The van der Waals surface area contributed by atoms with Crippen LogP contribution in [0, 0.1) is 16.6 Å². The van der Waals surface area contributed by atoms with Crippen LogP contribution in [0.1, 0.15) is 49.7 Å². The molecule has 2 aromatic rings. The van der Waals surface area contributed by atoms with Crippen LogP contribution < -0.4 is 10.1 Å². The Hall–Kier alpha value is -2.65. The van der Waals surface area contributed by atoms with Gasteiger partial charge in [0.2, 0.25) is 5.91 Å². The molecule has 1 unspecified atom stereocenters. The maximum atomic E-state index is 13.6. The summed E-state index contributed by atoms with van der Waals surface area (Å²) in [6.45, 7) is 0.0133. The largest absolute Gasteiger partial charge is 0.486 e. The van der Waals surface area contributed by atoms with E-state index in [1.807, 2.05) is 0 Å². The average molecular weight is 542 g/mol. The molecule has 3 aliphatic carbocycles. The van der Waals surface area contributed by atoms with Crippen LogP contribution in [0.25, 0.3) is 0 Å². The molecular weight excluding hydrogens is 514 g/mol. The normalized spacial score (nSPS) is 25.1. The number of nitrogens with one attached hydrogen (secondary N) is 1. The molecule has 3 fully saturated rings. The van der Waals surface area contributed by atoms with Crippen LogP contribution >= 0.6 is 11.6 Å². The van der Waals surface area contributed by atoms with E-state index in [9.17, 15) is 32.3 Å². The highest BCUT2D eigenvalue weighted by atomic mass is 35.5. The molecule has 0 aliphatic heterocycles. The van der Waals surface area contributed by atoms with Gasteiger partial charge in [0.25, 0.3) is 0 Å². The van der Waals surface area contributed by atoms with Gasteiger partial charge in [-0.3, -0.25) is 9.59 Å². The summed E-state index contributed by atoms with van der Waals surface area (Å²) in [5.41, 5.74) is -1.39. The van der Waals surface area contributed by atoms with Crippen LogP contribution in [0.5, 0.6) is 5.75 Å². The summed E-state index contributed by atoms with van der Waals surface area (Å²) >= 11 is 5.65. The van der Waals surface area contributed by atoms with Crippen molar-refractivity contribution < 1.29 is 37.0 Å². The Bertz CT molecular complexity index is 1140. The summed E-state index contributed by atoms with van der Waals surface area (Å²) < 4.78 is 57.1. The van der Waals surface area contributed by atoms with Crippen molar-refractivity contribution >= 4 is 23.3 Å². The van der Waals surface area contributed by atoms with Gasteiger partial charge < -0.3 is 15.2 Å². The number of rotatable bonds is 9. The zero-order valence-electron chi connectivity index (χ0n) is 20.0. The first-order valence-electron chi connectivity index (χ1n) is 12.1. The molecule has 2 N–H and O–H groups in total. The van der Waals surface area contributed by atoms with E-state index in [-0.39, 0.29) is 42.0 Å². The third-order valence-corrected chi connectivity index (χ3v) is 8.07. The summed E-state index contributed by atoms with van der Waals surface area (Å²) in [6.07, 6.45) is -2.31. The maximum absolute atomic E-state index is 13.6. The van der Waals surface area contributed by atoms with Crippen molar-refractivity contribution in [3.8, 4) is 5.75 Å². The monoisotopic (exact) mass is 541 g/mol. The minimum absolute atomic E-state index is 0.0388. The van der Waals surface area contributed by atoms with Crippen molar-refractivity contribution in [1.82, 2.24) is 5.32 Å². The van der Waals surface area contributed by atoms with E-state index in [0.717, 1.165) is 18.2 Å². The second-order valence-corrected chi connectivity index (χ2v) is 10.6. The van der Waals surface area contributed by atoms with Gasteiger partial charge in [-0.25, -0.2) is 4.39 Å². The van der Waals surface area contributed by atoms with E-state index < -0.39 is 34.5 Å². The van der Waals surface area contributed by atoms with E-state index in [4.69, 9.17) is 16.3 Å². The molecule has 1 amide bonds. The Kier molecular flexibility index (Phi) is 7.85. The molecule has 1 atom stereocenters. The van der Waals surface area contributed by atoms with Gasteiger partial charge in [-0.1, -0.05) is 23.7 Å². The molecule has 10 heteroatoms. The first-order valence-corrected chi connectivity index (χ1v) is 12.5. The minimum atomic E-state index is -4.40. The number of halogens is 5. The SMILES string of the molecule is O=C(COc1ccc(Cl)c(F)c1)CC12CCC(C(=O)NCCc3ccc(C(F)(F)F)cc3)(CC1)C(O)C2. The second kappa shape index (κ2) is 10.6. The van der Waals surface area contributed by atoms with E-state index in [2.05, 4.69) is 5.32 Å². The molecule has 5 rings (SSSR count). The number of ether oxygens (including phenoxy) is 1. The second-order valence-electron chi connectivity index (χ2n) is 10.2. The van der Waals surface area contributed by atoms with Crippen molar-refractivity contribution in [2.45, 2.75) is 57.2 Å². The standard InChI is InChI=1S/C27H28ClF4NO4/c28-21-6-5-20(13-22(21)29)37-16-19(34)14-25-8-10-26(11-9-25,23(35)15-25)24(36)33-12-7-17-1-3-18(4-2-17)27(30,31)32/h1-6,13,23,35H,7-12,14-16H2,(H,33,36). The summed E-state index contributed by atoms with van der Waals surface area (Å²) in [5, 5.41) is 13.7. The quantitative estimate of drug-likeness (QED) is 0.411. The topological polar surface area (TPSA) is 75.6 Å². The molecule has 2 aromatic carbocycles. The summed E-state index contributed by atoms with van der Waals surface area (Å²) in [4.78, 5) is 25.7. The number of amides is 1. The van der Waals surface area contributed by atoms with E-state index in [1.165, 1.54) is 24.3 Å². The molecule has 0 saturated heterocycles. The van der Waals surface area contributed by atoms with Crippen molar-refractivity contribution in [2.75, 3.05) is 13.2 Å². The highest BCUT2D eigenvalue weighted by Gasteiger charge is 2.57. The predicted octanol–water partition coefficient (Wildman–Crippen LogP) is 5.51. The zero-order chi connectivity index (χ0) is 26.8. The number of hydrogen-bond donors (Lipinski definition) is 2. The average Bonchev–Trinajstić information content (AvgIpc) is 2.85. The van der Waals surface area contributed by atoms with Gasteiger partial charge in [0, 0.05) is 19.0 Å². The Balaban J connectivity index is 1.26. The van der Waals surface area contributed by atoms with Crippen molar-refractivity contribution in [3.05, 3.63) is 64.4 Å². The molecular formula is C27H28ClF4NO4. The first-order chi connectivity index (χ1) is 17.4. The van der Waals surface area contributed by atoms with Crippen LogP contribution in [-0.2, 0) is 22.2 Å². The van der Waals surface area contributed by atoms with E-state index in [1.54, 1.807) is 0 Å². The Morgan fingerprint density at radius 3 is 2.35 bits per heavy atom. The number of fused-ring (bicyclic) bond motifs is 3. The predicted molar refractivity (Wildman–Crippen MR) is 129 cm³/mol. The van der Waals surface area contributed by atoms with E-state index in [0.29, 0.717) is 44.1 Å². The third-order valence-electron chi connectivity index (χ3n) is 7.76. The van der Waals surface area contributed by atoms with Crippen LogP contribution in [0.15, 0.2) is 42.5 Å². The fourth-order valence-corrected chi connectivity index (χ4v) is 5.67. The van der Waals surface area contributed by atoms with Gasteiger partial charge in [-0.2, -0.15) is 13.2 Å². The molecule has 200 valence electrons. The third kappa shape index (κ3) is 6.09. The molecule has 2 bridgehead atoms. The molecule has 5 nitrogen and oxygen atoms in total. The lowest BCUT2D eigenvalue weighted by Gasteiger charge is -2.55. The van der Waals surface area contributed by atoms with Crippen LogP contribution in [-0.4, -0.2) is 36.1 Å². The smallest absolute Gasteiger partial charge is 0.416 e. The van der Waals surface area contributed by atoms with Gasteiger partial charge in [0.05, 0.1) is 22.1 Å². The number of Topliss-reactive ketones (excluding diaryl/α,β-unsaturated/α-hetero) is 1. The number of benzene rings is 2. The highest BCUT2D eigenvalue weighted by molar-refractivity contribution is 6.30. The molecule has 37 heavy (non-hydrogen) atoms. The molecule has 3 saturated carbocycles.